The van der Waals surface area contributed by atoms with Crippen LogP contribution in [0.15, 0.2) is 133 Å². The van der Waals surface area contributed by atoms with Crippen molar-refractivity contribution in [1.29, 1.82) is 0 Å². The molecule has 9 rings (SSSR count). The Morgan fingerprint density at radius 2 is 1.36 bits per heavy atom. The number of urea groups is 1. The number of rotatable bonds is 7. The van der Waals surface area contributed by atoms with E-state index in [1.807, 2.05) is 78.9 Å². The van der Waals surface area contributed by atoms with Crippen LogP contribution < -0.4 is 19.9 Å². The van der Waals surface area contributed by atoms with E-state index in [0.29, 0.717) is 27.0 Å². The summed E-state index contributed by atoms with van der Waals surface area (Å²) in [6, 6.07) is 40.5. The maximum atomic E-state index is 14.7. The van der Waals surface area contributed by atoms with E-state index in [-0.39, 0.29) is 24.0 Å². The molecule has 0 aromatic heterocycles. The standard InChI is InChI=1S/C46H35Cl2N3O4/c47-32-17-15-31(41(48)23-32)27-55-42-18-16-30-13-7-8-14-34(30)37(42)26-40-44(52)49-46(54)51(45(40)53)33-24-38-35(28-9-3-1-4-10-28)19-21-50-22-20-36(39(25-33)43(38)50)29-11-5-2-6-12-29/h1-18,23-26,35-36H,19-22,27H2,(H,49,52,54)/b40-26+/t35-,36+. The summed E-state index contributed by atoms with van der Waals surface area (Å²) in [5.41, 5.74) is 7.15. The minimum absolute atomic E-state index is 0.0600. The lowest BCUT2D eigenvalue weighted by Gasteiger charge is -2.44. The van der Waals surface area contributed by atoms with Gasteiger partial charge in [-0.05, 0) is 82.3 Å². The topological polar surface area (TPSA) is 79.0 Å². The second-order valence-electron chi connectivity index (χ2n) is 14.1. The van der Waals surface area contributed by atoms with Crippen molar-refractivity contribution >= 4 is 69.3 Å². The van der Waals surface area contributed by atoms with Crippen molar-refractivity contribution in [3.05, 3.63) is 176 Å². The van der Waals surface area contributed by atoms with E-state index < -0.39 is 17.8 Å². The molecule has 3 aliphatic rings. The molecule has 0 aliphatic carbocycles. The summed E-state index contributed by atoms with van der Waals surface area (Å²) in [5, 5.41) is 5.10. The van der Waals surface area contributed by atoms with E-state index in [1.165, 1.54) is 22.9 Å². The maximum Gasteiger partial charge on any atom is 0.335 e. The Hall–Kier alpha value is -5.89. The van der Waals surface area contributed by atoms with E-state index in [1.54, 1.807) is 24.3 Å². The van der Waals surface area contributed by atoms with Crippen molar-refractivity contribution < 1.29 is 19.1 Å². The predicted octanol–water partition coefficient (Wildman–Crippen LogP) is 10.3. The molecule has 0 spiro atoms. The summed E-state index contributed by atoms with van der Waals surface area (Å²) in [6.45, 7) is 1.94. The number of nitrogens with one attached hydrogen (secondary N) is 1. The highest BCUT2D eigenvalue weighted by molar-refractivity contribution is 6.39. The molecule has 2 atom stereocenters. The molecular weight excluding hydrogens is 729 g/mol. The molecule has 55 heavy (non-hydrogen) atoms. The number of anilines is 2. The van der Waals surface area contributed by atoms with Crippen molar-refractivity contribution in [2.75, 3.05) is 22.9 Å². The zero-order valence-electron chi connectivity index (χ0n) is 29.7. The van der Waals surface area contributed by atoms with Crippen LogP contribution in [0.3, 0.4) is 0 Å². The summed E-state index contributed by atoms with van der Waals surface area (Å²) in [5.74, 6) is -0.928. The van der Waals surface area contributed by atoms with Crippen LogP contribution in [0.2, 0.25) is 10.0 Å². The second-order valence-corrected chi connectivity index (χ2v) is 15.0. The summed E-state index contributed by atoms with van der Waals surface area (Å²) < 4.78 is 6.31. The molecule has 1 fully saturated rings. The van der Waals surface area contributed by atoms with Gasteiger partial charge in [0.15, 0.2) is 0 Å². The molecule has 3 heterocycles. The number of halogens is 2. The van der Waals surface area contributed by atoms with Crippen LogP contribution in [0.1, 0.15) is 58.1 Å². The third-order valence-electron chi connectivity index (χ3n) is 11.0. The van der Waals surface area contributed by atoms with E-state index in [4.69, 9.17) is 27.9 Å². The Morgan fingerprint density at radius 1 is 0.727 bits per heavy atom. The molecule has 3 aliphatic heterocycles. The fraction of sp³-hybridized carbons (Fsp3) is 0.152. The van der Waals surface area contributed by atoms with Crippen LogP contribution in [0.25, 0.3) is 16.8 Å². The average molecular weight is 765 g/mol. The lowest BCUT2D eigenvalue weighted by atomic mass is 9.76. The summed E-state index contributed by atoms with van der Waals surface area (Å²) in [7, 11) is 0. The van der Waals surface area contributed by atoms with Crippen LogP contribution in [0.4, 0.5) is 16.2 Å². The smallest absolute Gasteiger partial charge is 0.335 e. The fourth-order valence-corrected chi connectivity index (χ4v) is 8.81. The third-order valence-corrected chi connectivity index (χ3v) is 11.6. The number of nitrogens with zero attached hydrogens (tertiary/aromatic N) is 2. The molecule has 6 aromatic carbocycles. The van der Waals surface area contributed by atoms with Gasteiger partial charge in [-0.1, -0.05) is 120 Å². The summed E-state index contributed by atoms with van der Waals surface area (Å²) >= 11 is 12.6. The van der Waals surface area contributed by atoms with Crippen molar-refractivity contribution in [2.24, 2.45) is 0 Å². The van der Waals surface area contributed by atoms with Gasteiger partial charge in [-0.15, -0.1) is 0 Å². The SMILES string of the molecule is O=C1NC(=O)N(c2cc3c4c(c2)[C@H](c2ccccc2)CCN4CC[C@@H]3c2ccccc2)C(=O)/C1=C/c1c(OCc2ccc(Cl)cc2Cl)ccc2ccccc12. The highest BCUT2D eigenvalue weighted by Crippen LogP contribution is 2.50. The molecule has 1 saturated heterocycles. The number of hydrogen-bond donors (Lipinski definition) is 1. The zero-order valence-corrected chi connectivity index (χ0v) is 31.2. The summed E-state index contributed by atoms with van der Waals surface area (Å²) in [6.07, 6.45) is 3.32. The largest absolute Gasteiger partial charge is 0.488 e. The normalized spacial score (nSPS) is 18.7. The predicted molar refractivity (Wildman–Crippen MR) is 218 cm³/mol. The van der Waals surface area contributed by atoms with Crippen molar-refractivity contribution in [2.45, 2.75) is 31.3 Å². The number of fused-ring (bicyclic) bond motifs is 1. The van der Waals surface area contributed by atoms with Gasteiger partial charge in [0.05, 0.1) is 5.69 Å². The highest BCUT2D eigenvalue weighted by Gasteiger charge is 2.41. The number of carbonyl (C=O) groups excluding carboxylic acids is 3. The van der Waals surface area contributed by atoms with E-state index in [0.717, 1.165) is 58.3 Å². The summed E-state index contributed by atoms with van der Waals surface area (Å²) in [4.78, 5) is 45.8. The van der Waals surface area contributed by atoms with Gasteiger partial charge in [-0.25, -0.2) is 9.69 Å². The van der Waals surface area contributed by atoms with Gasteiger partial charge in [-0.3, -0.25) is 14.9 Å². The molecular formula is C46H35Cl2N3O4. The van der Waals surface area contributed by atoms with Crippen molar-refractivity contribution in [3.63, 3.8) is 0 Å². The first-order valence-corrected chi connectivity index (χ1v) is 19.1. The van der Waals surface area contributed by atoms with E-state index >= 15 is 0 Å². The van der Waals surface area contributed by atoms with E-state index in [2.05, 4.69) is 34.5 Å². The lowest BCUT2D eigenvalue weighted by molar-refractivity contribution is -0.122. The second kappa shape index (κ2) is 14.4. The van der Waals surface area contributed by atoms with Gasteiger partial charge in [0, 0.05) is 51.8 Å². The van der Waals surface area contributed by atoms with Gasteiger partial charge in [-0.2, -0.15) is 0 Å². The zero-order chi connectivity index (χ0) is 37.6. The molecule has 0 bridgehead atoms. The number of barbiturate groups is 1. The number of carbonyl (C=O) groups is 3. The molecule has 272 valence electrons. The van der Waals surface area contributed by atoms with Crippen molar-refractivity contribution in [1.82, 2.24) is 5.32 Å². The van der Waals surface area contributed by atoms with Gasteiger partial charge in [0.1, 0.15) is 17.9 Å². The first-order valence-electron chi connectivity index (χ1n) is 18.4. The fourth-order valence-electron chi connectivity index (χ4n) is 8.35. The lowest BCUT2D eigenvalue weighted by Crippen LogP contribution is -2.54. The monoisotopic (exact) mass is 763 g/mol. The average Bonchev–Trinajstić information content (AvgIpc) is 3.20. The Kier molecular flexibility index (Phi) is 9.12. The maximum absolute atomic E-state index is 14.7. The molecule has 0 saturated carbocycles. The van der Waals surface area contributed by atoms with Gasteiger partial charge >= 0.3 is 6.03 Å². The first-order chi connectivity index (χ1) is 26.8. The van der Waals surface area contributed by atoms with Crippen LogP contribution in [-0.2, 0) is 16.2 Å². The molecule has 0 radical (unpaired) electrons. The van der Waals surface area contributed by atoms with Gasteiger partial charge in [0.2, 0.25) is 0 Å². The first kappa shape index (κ1) is 34.9. The van der Waals surface area contributed by atoms with Crippen LogP contribution in [0.5, 0.6) is 5.75 Å². The number of hydrogen-bond acceptors (Lipinski definition) is 5. The Morgan fingerprint density at radius 3 is 2.02 bits per heavy atom. The van der Waals surface area contributed by atoms with Crippen LogP contribution in [-0.4, -0.2) is 30.9 Å². The van der Waals surface area contributed by atoms with Gasteiger partial charge in [0.25, 0.3) is 11.8 Å². The van der Waals surface area contributed by atoms with Crippen molar-refractivity contribution in [3.8, 4) is 5.75 Å². The molecule has 7 nitrogen and oxygen atoms in total. The van der Waals surface area contributed by atoms with Crippen LogP contribution >= 0.6 is 23.2 Å². The molecule has 6 aromatic rings. The minimum Gasteiger partial charge on any atom is -0.488 e. The number of amides is 4. The number of benzene rings is 6. The highest BCUT2D eigenvalue weighted by atomic mass is 35.5. The number of ether oxygens (including phenoxy) is 1. The minimum atomic E-state index is -0.790. The molecule has 4 amide bonds. The molecule has 0 unspecified atom stereocenters. The third kappa shape index (κ3) is 6.43. The molecule has 9 heteroatoms. The van der Waals surface area contributed by atoms with Gasteiger partial charge < -0.3 is 9.64 Å². The Bertz CT molecular complexity index is 2470. The van der Waals surface area contributed by atoms with Crippen LogP contribution in [0, 0.1) is 0 Å². The number of imide groups is 2. The van der Waals surface area contributed by atoms with E-state index in [9.17, 15) is 14.4 Å². The Labute approximate surface area is 328 Å². The quantitative estimate of drug-likeness (QED) is 0.129. The Balaban J connectivity index is 1.16. The molecule has 1 N–H and O–H groups in total.